The Morgan fingerprint density at radius 3 is 2.48 bits per heavy atom. The number of hydrogen-bond donors (Lipinski definition) is 1. The topological polar surface area (TPSA) is 79.0 Å². The molecule has 1 N–H and O–H groups in total. The van der Waals surface area contributed by atoms with E-state index in [1.54, 1.807) is 34.1 Å². The van der Waals surface area contributed by atoms with Crippen LogP contribution in [-0.4, -0.2) is 59.9 Å². The summed E-state index contributed by atoms with van der Waals surface area (Å²) in [6, 6.07) is 14.3. The molecule has 0 saturated carbocycles. The number of ether oxygens (including phenoxy) is 1. The summed E-state index contributed by atoms with van der Waals surface area (Å²) < 4.78 is 5.32. The molecule has 2 aromatic rings. The number of carbonyl (C=O) groups excluding carboxylic acids is 3. The second-order valence-electron chi connectivity index (χ2n) is 9.08. The lowest BCUT2D eigenvalue weighted by atomic mass is 9.92. The molecule has 1 fully saturated rings. The van der Waals surface area contributed by atoms with Crippen molar-refractivity contribution in [2.24, 2.45) is 5.92 Å². The van der Waals surface area contributed by atoms with Crippen molar-refractivity contribution in [2.75, 3.05) is 31.6 Å². The molecule has 4 rings (SSSR count). The first-order valence-corrected chi connectivity index (χ1v) is 11.6. The van der Waals surface area contributed by atoms with Crippen LogP contribution in [0, 0.1) is 5.92 Å². The van der Waals surface area contributed by atoms with Crippen molar-refractivity contribution in [3.63, 3.8) is 0 Å². The van der Waals surface area contributed by atoms with Crippen molar-refractivity contribution in [1.29, 1.82) is 0 Å². The number of rotatable bonds is 5. The van der Waals surface area contributed by atoms with Gasteiger partial charge in [-0.05, 0) is 35.2 Å². The molecule has 33 heavy (non-hydrogen) atoms. The zero-order valence-corrected chi connectivity index (χ0v) is 19.3. The van der Waals surface area contributed by atoms with Crippen molar-refractivity contribution in [2.45, 2.75) is 39.3 Å². The molecule has 7 nitrogen and oxygen atoms in total. The number of fused-ring (bicyclic) bond motifs is 1. The van der Waals surface area contributed by atoms with Crippen molar-refractivity contribution in [1.82, 2.24) is 9.80 Å². The minimum Gasteiger partial charge on any atom is -0.378 e. The summed E-state index contributed by atoms with van der Waals surface area (Å²) in [5.74, 6) is -0.121. The maximum atomic E-state index is 13.3. The van der Waals surface area contributed by atoms with Crippen LogP contribution in [0.3, 0.4) is 0 Å². The average Bonchev–Trinajstić information content (AvgIpc) is 2.83. The molecule has 2 aliphatic rings. The zero-order chi connectivity index (χ0) is 23.4. The number of benzene rings is 2. The SMILES string of the molecule is CC(C)CC(=O)N1Cc2ccccc2CC1C(=O)Nc1cccc(C(=O)N2CCOCC2)c1. The molecule has 0 aromatic heterocycles. The maximum absolute atomic E-state index is 13.3. The van der Waals surface area contributed by atoms with Crippen LogP contribution in [-0.2, 0) is 27.3 Å². The molecule has 1 saturated heterocycles. The van der Waals surface area contributed by atoms with Gasteiger partial charge in [-0.2, -0.15) is 0 Å². The van der Waals surface area contributed by atoms with Gasteiger partial charge in [-0.3, -0.25) is 14.4 Å². The molecule has 0 bridgehead atoms. The van der Waals surface area contributed by atoms with Gasteiger partial charge in [0.1, 0.15) is 6.04 Å². The Kier molecular flexibility index (Phi) is 7.08. The van der Waals surface area contributed by atoms with Gasteiger partial charge in [0, 0.05) is 43.7 Å². The van der Waals surface area contributed by atoms with E-state index in [0.717, 1.165) is 11.1 Å². The van der Waals surface area contributed by atoms with Gasteiger partial charge in [0.05, 0.1) is 13.2 Å². The van der Waals surface area contributed by atoms with Gasteiger partial charge < -0.3 is 19.9 Å². The van der Waals surface area contributed by atoms with Crippen LogP contribution < -0.4 is 5.32 Å². The summed E-state index contributed by atoms with van der Waals surface area (Å²) in [4.78, 5) is 42.6. The molecule has 0 aliphatic carbocycles. The van der Waals surface area contributed by atoms with E-state index in [1.165, 1.54) is 0 Å². The number of amides is 3. The van der Waals surface area contributed by atoms with Gasteiger partial charge in [-0.25, -0.2) is 0 Å². The fourth-order valence-electron chi connectivity index (χ4n) is 4.39. The first-order valence-electron chi connectivity index (χ1n) is 11.6. The number of nitrogens with zero attached hydrogens (tertiary/aromatic N) is 2. The van der Waals surface area contributed by atoms with Crippen LogP contribution in [0.15, 0.2) is 48.5 Å². The summed E-state index contributed by atoms with van der Waals surface area (Å²) in [5.41, 5.74) is 3.24. The van der Waals surface area contributed by atoms with E-state index in [4.69, 9.17) is 4.74 Å². The number of anilines is 1. The second-order valence-corrected chi connectivity index (χ2v) is 9.08. The van der Waals surface area contributed by atoms with Crippen molar-refractivity contribution in [3.8, 4) is 0 Å². The molecule has 7 heteroatoms. The van der Waals surface area contributed by atoms with Crippen molar-refractivity contribution in [3.05, 3.63) is 65.2 Å². The predicted octanol–water partition coefficient (Wildman–Crippen LogP) is 3.10. The fourth-order valence-corrected chi connectivity index (χ4v) is 4.39. The highest BCUT2D eigenvalue weighted by Gasteiger charge is 2.34. The van der Waals surface area contributed by atoms with E-state index < -0.39 is 6.04 Å². The van der Waals surface area contributed by atoms with Gasteiger partial charge in [0.25, 0.3) is 5.91 Å². The monoisotopic (exact) mass is 449 g/mol. The summed E-state index contributed by atoms with van der Waals surface area (Å²) in [6.45, 7) is 6.61. The highest BCUT2D eigenvalue weighted by atomic mass is 16.5. The Hall–Kier alpha value is -3.19. The van der Waals surface area contributed by atoms with Crippen LogP contribution in [0.5, 0.6) is 0 Å². The summed E-state index contributed by atoms with van der Waals surface area (Å²) in [6.07, 6.45) is 0.869. The van der Waals surface area contributed by atoms with Crippen LogP contribution in [0.25, 0.3) is 0 Å². The van der Waals surface area contributed by atoms with Crippen molar-refractivity contribution >= 4 is 23.4 Å². The molecular formula is C26H31N3O4. The summed E-state index contributed by atoms with van der Waals surface area (Å²) in [5, 5.41) is 2.95. The lowest BCUT2D eigenvalue weighted by molar-refractivity contribution is -0.140. The van der Waals surface area contributed by atoms with E-state index >= 15 is 0 Å². The second kappa shape index (κ2) is 10.2. The number of morpholine rings is 1. The van der Waals surface area contributed by atoms with Crippen molar-refractivity contribution < 1.29 is 19.1 Å². The van der Waals surface area contributed by atoms with Gasteiger partial charge in [0.15, 0.2) is 0 Å². The summed E-state index contributed by atoms with van der Waals surface area (Å²) >= 11 is 0. The van der Waals surface area contributed by atoms with E-state index in [0.29, 0.717) is 56.9 Å². The molecule has 2 aromatic carbocycles. The van der Waals surface area contributed by atoms with Gasteiger partial charge >= 0.3 is 0 Å². The number of nitrogens with one attached hydrogen (secondary N) is 1. The highest BCUT2D eigenvalue weighted by Crippen LogP contribution is 2.26. The number of carbonyl (C=O) groups is 3. The number of hydrogen-bond acceptors (Lipinski definition) is 4. The average molecular weight is 450 g/mol. The van der Waals surface area contributed by atoms with E-state index in [9.17, 15) is 14.4 Å². The lowest BCUT2D eigenvalue weighted by Gasteiger charge is -2.36. The fraction of sp³-hybridized carbons (Fsp3) is 0.423. The maximum Gasteiger partial charge on any atom is 0.254 e. The normalized spacial score (nSPS) is 18.1. The highest BCUT2D eigenvalue weighted by molar-refractivity contribution is 6.00. The summed E-state index contributed by atoms with van der Waals surface area (Å²) in [7, 11) is 0. The molecule has 2 heterocycles. The third kappa shape index (κ3) is 5.42. The first-order chi connectivity index (χ1) is 15.9. The Morgan fingerprint density at radius 2 is 1.76 bits per heavy atom. The molecule has 1 atom stereocenters. The largest absolute Gasteiger partial charge is 0.378 e. The van der Waals surface area contributed by atoms with Crippen LogP contribution >= 0.6 is 0 Å². The molecular weight excluding hydrogens is 418 g/mol. The lowest BCUT2D eigenvalue weighted by Crippen LogP contribution is -2.50. The minimum atomic E-state index is -0.593. The Balaban J connectivity index is 1.52. The van der Waals surface area contributed by atoms with E-state index in [1.807, 2.05) is 38.1 Å². The molecule has 3 amide bonds. The van der Waals surface area contributed by atoms with E-state index in [2.05, 4.69) is 5.32 Å². The van der Waals surface area contributed by atoms with Gasteiger partial charge in [-0.15, -0.1) is 0 Å². The smallest absolute Gasteiger partial charge is 0.254 e. The van der Waals surface area contributed by atoms with Crippen LogP contribution in [0.2, 0.25) is 0 Å². The molecule has 0 radical (unpaired) electrons. The van der Waals surface area contributed by atoms with Gasteiger partial charge in [0.2, 0.25) is 11.8 Å². The minimum absolute atomic E-state index is 0.0177. The van der Waals surface area contributed by atoms with E-state index in [-0.39, 0.29) is 23.6 Å². The molecule has 2 aliphatic heterocycles. The molecule has 174 valence electrons. The zero-order valence-electron chi connectivity index (χ0n) is 19.3. The Bertz CT molecular complexity index is 1030. The molecule has 0 spiro atoms. The third-order valence-corrected chi connectivity index (χ3v) is 6.13. The quantitative estimate of drug-likeness (QED) is 0.761. The van der Waals surface area contributed by atoms with Crippen LogP contribution in [0.1, 0.15) is 41.8 Å². The Morgan fingerprint density at radius 1 is 1.03 bits per heavy atom. The first kappa shape index (κ1) is 23.0. The van der Waals surface area contributed by atoms with Gasteiger partial charge in [-0.1, -0.05) is 44.2 Å². The van der Waals surface area contributed by atoms with Crippen LogP contribution in [0.4, 0.5) is 5.69 Å². The standard InChI is InChI=1S/C26H31N3O4/c1-18(2)14-24(30)29-17-21-7-4-3-6-19(21)16-23(29)25(31)27-22-9-5-8-20(15-22)26(32)28-10-12-33-13-11-28/h3-9,15,18,23H,10-14,16-17H2,1-2H3,(H,27,31). The Labute approximate surface area is 194 Å². The third-order valence-electron chi connectivity index (χ3n) is 6.13. The predicted molar refractivity (Wildman–Crippen MR) is 126 cm³/mol. The molecule has 1 unspecified atom stereocenters.